The summed E-state index contributed by atoms with van der Waals surface area (Å²) < 4.78 is 22.2. The van der Waals surface area contributed by atoms with Gasteiger partial charge in [0, 0.05) is 20.0 Å². The normalized spacial score (nSPS) is 17.6. The number of ketones is 2. The predicted octanol–water partition coefficient (Wildman–Crippen LogP) is 4.63. The first-order valence-corrected chi connectivity index (χ1v) is 16.2. The highest BCUT2D eigenvalue weighted by Gasteiger charge is 2.54. The fraction of sp³-hybridized carbons (Fsp3) is 0.486. The largest absolute Gasteiger partial charge is 0.453 e. The molecule has 1 saturated heterocycles. The van der Waals surface area contributed by atoms with Crippen LogP contribution in [0.25, 0.3) is 0 Å². The van der Waals surface area contributed by atoms with Gasteiger partial charge in [-0.1, -0.05) is 74.5 Å². The minimum atomic E-state index is -1.60. The van der Waals surface area contributed by atoms with Crippen LogP contribution in [0.15, 0.2) is 72.8 Å². The lowest BCUT2D eigenvalue weighted by molar-refractivity contribution is -0.159. The van der Waals surface area contributed by atoms with E-state index in [1.54, 1.807) is 44.2 Å². The Morgan fingerprint density at radius 2 is 1.60 bits per heavy atom. The summed E-state index contributed by atoms with van der Waals surface area (Å²) in [5, 5.41) is 9.58. The molecule has 1 N–H and O–H groups in total. The summed E-state index contributed by atoms with van der Waals surface area (Å²) in [7, 11) is 0. The van der Waals surface area contributed by atoms with Crippen LogP contribution in [-0.2, 0) is 51.2 Å². The standard InChI is InChI=1S/C37H47NO10/c1-25(2)34-37(4,5)48-36(44)38(34)35(43)31(21-27-13-8-6-9-14-27)33(47-26(3)40)32(42)19-18-29(41)17-12-20-45-24-30(22-39)46-23-28-15-10-7-11-16-28/h6-11,13-16,18-19,25,30-31,33-34,39H,12,17,20-24H2,1-5H3/t30-,31+,33+,34+/m1/s1. The maximum absolute atomic E-state index is 14.2. The van der Waals surface area contributed by atoms with Gasteiger partial charge in [-0.15, -0.1) is 0 Å². The van der Waals surface area contributed by atoms with Crippen LogP contribution >= 0.6 is 0 Å². The lowest BCUT2D eigenvalue weighted by Gasteiger charge is -2.34. The summed E-state index contributed by atoms with van der Waals surface area (Å²) in [5.74, 6) is -4.09. The predicted molar refractivity (Wildman–Crippen MR) is 177 cm³/mol. The van der Waals surface area contributed by atoms with Crippen LogP contribution < -0.4 is 0 Å². The number of imide groups is 1. The van der Waals surface area contributed by atoms with Gasteiger partial charge in [-0.05, 0) is 55.9 Å². The quantitative estimate of drug-likeness (QED) is 0.128. The maximum Gasteiger partial charge on any atom is 0.417 e. The van der Waals surface area contributed by atoms with Crippen LogP contribution in [-0.4, -0.2) is 83.2 Å². The first-order valence-electron chi connectivity index (χ1n) is 16.2. The smallest absolute Gasteiger partial charge is 0.417 e. The summed E-state index contributed by atoms with van der Waals surface area (Å²) in [5.41, 5.74) is 0.670. The van der Waals surface area contributed by atoms with Gasteiger partial charge in [0.1, 0.15) is 11.7 Å². The monoisotopic (exact) mass is 665 g/mol. The second kappa shape index (κ2) is 18.4. The molecule has 11 nitrogen and oxygen atoms in total. The number of cyclic esters (lactones) is 1. The van der Waals surface area contributed by atoms with E-state index in [4.69, 9.17) is 18.9 Å². The molecule has 1 fully saturated rings. The molecule has 11 heteroatoms. The van der Waals surface area contributed by atoms with Crippen LogP contribution in [0.5, 0.6) is 0 Å². The third-order valence-electron chi connectivity index (χ3n) is 7.94. The van der Waals surface area contributed by atoms with Gasteiger partial charge >= 0.3 is 12.1 Å². The molecule has 0 spiro atoms. The van der Waals surface area contributed by atoms with Crippen molar-refractivity contribution in [1.82, 2.24) is 4.90 Å². The number of esters is 1. The summed E-state index contributed by atoms with van der Waals surface area (Å²) in [4.78, 5) is 66.6. The summed E-state index contributed by atoms with van der Waals surface area (Å²) >= 11 is 0. The summed E-state index contributed by atoms with van der Waals surface area (Å²) in [6.45, 7) is 8.76. The number of carbonyl (C=O) groups excluding carboxylic acids is 5. The Bertz CT molecular complexity index is 1410. The van der Waals surface area contributed by atoms with Crippen molar-refractivity contribution in [3.63, 3.8) is 0 Å². The highest BCUT2D eigenvalue weighted by Crippen LogP contribution is 2.36. The van der Waals surface area contributed by atoms with Gasteiger partial charge in [-0.2, -0.15) is 0 Å². The average Bonchev–Trinajstić information content (AvgIpc) is 3.31. The van der Waals surface area contributed by atoms with Gasteiger partial charge in [0.25, 0.3) is 0 Å². The molecule has 0 aromatic heterocycles. The molecule has 1 heterocycles. The number of aliphatic hydroxyl groups is 1. The van der Waals surface area contributed by atoms with Crippen molar-refractivity contribution in [3.8, 4) is 0 Å². The van der Waals surface area contributed by atoms with Crippen molar-refractivity contribution in [2.45, 2.75) is 84.3 Å². The Labute approximate surface area is 282 Å². The van der Waals surface area contributed by atoms with Gasteiger partial charge in [-0.25, -0.2) is 9.69 Å². The van der Waals surface area contributed by atoms with Crippen LogP contribution in [0, 0.1) is 11.8 Å². The number of hydrogen-bond donors (Lipinski definition) is 1. The van der Waals surface area contributed by atoms with Crippen molar-refractivity contribution in [1.29, 1.82) is 0 Å². The second-order valence-corrected chi connectivity index (χ2v) is 12.7. The molecule has 260 valence electrons. The molecule has 1 aliphatic heterocycles. The lowest BCUT2D eigenvalue weighted by atomic mass is 9.85. The van der Waals surface area contributed by atoms with E-state index in [1.165, 1.54) is 0 Å². The van der Waals surface area contributed by atoms with Crippen LogP contribution in [0.4, 0.5) is 4.79 Å². The van der Waals surface area contributed by atoms with E-state index in [-0.39, 0.29) is 44.4 Å². The highest BCUT2D eigenvalue weighted by atomic mass is 16.6. The first-order chi connectivity index (χ1) is 22.8. The fourth-order valence-corrected chi connectivity index (χ4v) is 5.83. The van der Waals surface area contributed by atoms with Crippen molar-refractivity contribution in [3.05, 3.63) is 83.9 Å². The molecule has 2 aromatic carbocycles. The van der Waals surface area contributed by atoms with E-state index < -0.39 is 53.5 Å². The van der Waals surface area contributed by atoms with Crippen molar-refractivity contribution in [2.75, 3.05) is 19.8 Å². The number of benzene rings is 2. The Kier molecular flexibility index (Phi) is 14.6. The number of carbonyl (C=O) groups is 5. The van der Waals surface area contributed by atoms with E-state index >= 15 is 0 Å². The van der Waals surface area contributed by atoms with Crippen molar-refractivity contribution >= 4 is 29.5 Å². The Morgan fingerprint density at radius 3 is 2.19 bits per heavy atom. The van der Waals surface area contributed by atoms with Gasteiger partial charge < -0.3 is 24.1 Å². The van der Waals surface area contributed by atoms with E-state index in [2.05, 4.69) is 0 Å². The molecule has 2 amide bonds. The van der Waals surface area contributed by atoms with E-state index in [9.17, 15) is 29.1 Å². The van der Waals surface area contributed by atoms with Crippen LogP contribution in [0.2, 0.25) is 0 Å². The third kappa shape index (κ3) is 11.2. The van der Waals surface area contributed by atoms with Gasteiger partial charge in [0.05, 0.1) is 31.8 Å². The van der Waals surface area contributed by atoms with Gasteiger partial charge in [0.15, 0.2) is 17.7 Å². The molecular weight excluding hydrogens is 618 g/mol. The summed E-state index contributed by atoms with van der Waals surface area (Å²) in [6.07, 6.45) is -0.461. The number of ether oxygens (including phenoxy) is 4. The number of nitrogens with zero attached hydrogens (tertiary/aromatic N) is 1. The zero-order chi connectivity index (χ0) is 35.3. The molecule has 0 saturated carbocycles. The Morgan fingerprint density at radius 1 is 0.979 bits per heavy atom. The second-order valence-electron chi connectivity index (χ2n) is 12.7. The molecule has 2 aromatic rings. The molecule has 0 radical (unpaired) electrons. The Hall–Kier alpha value is -4.19. The molecule has 4 atom stereocenters. The number of aliphatic hydroxyl groups excluding tert-OH is 1. The SMILES string of the molecule is CC(=O)O[C@H](C(=O)C=CC(=O)CCCOC[C@@H](CO)OCc1ccccc1)[C@H](Cc1ccccc1)C(=O)N1C(=O)OC(C)(C)[C@@H]1C(C)C. The molecule has 3 rings (SSSR count). The zero-order valence-corrected chi connectivity index (χ0v) is 28.3. The average molecular weight is 666 g/mol. The number of hydrogen-bond acceptors (Lipinski definition) is 10. The Balaban J connectivity index is 1.66. The zero-order valence-electron chi connectivity index (χ0n) is 28.3. The lowest BCUT2D eigenvalue weighted by Crippen LogP contribution is -2.53. The summed E-state index contributed by atoms with van der Waals surface area (Å²) in [6, 6.07) is 17.8. The van der Waals surface area contributed by atoms with Crippen LogP contribution in [0.1, 0.15) is 58.6 Å². The minimum absolute atomic E-state index is 0.0125. The molecule has 0 unspecified atom stereocenters. The van der Waals surface area contributed by atoms with Gasteiger partial charge in [-0.3, -0.25) is 19.2 Å². The fourth-order valence-electron chi connectivity index (χ4n) is 5.83. The highest BCUT2D eigenvalue weighted by molar-refractivity contribution is 6.05. The molecule has 1 aliphatic rings. The van der Waals surface area contributed by atoms with E-state index in [0.29, 0.717) is 18.6 Å². The molecule has 0 bridgehead atoms. The van der Waals surface area contributed by atoms with Crippen molar-refractivity contribution < 1.29 is 48.0 Å². The molecule has 0 aliphatic carbocycles. The number of rotatable bonds is 19. The van der Waals surface area contributed by atoms with E-state index in [0.717, 1.165) is 29.5 Å². The van der Waals surface area contributed by atoms with Crippen LogP contribution in [0.3, 0.4) is 0 Å². The number of allylic oxidation sites excluding steroid dienone is 1. The molecular formula is C37H47NO10. The molecule has 48 heavy (non-hydrogen) atoms. The van der Waals surface area contributed by atoms with Crippen molar-refractivity contribution in [2.24, 2.45) is 11.8 Å². The number of amides is 2. The first kappa shape index (κ1) is 38.3. The van der Waals surface area contributed by atoms with E-state index in [1.807, 2.05) is 44.2 Å². The topological polar surface area (TPSA) is 146 Å². The van der Waals surface area contributed by atoms with Gasteiger partial charge in [0.2, 0.25) is 5.91 Å². The third-order valence-corrected chi connectivity index (χ3v) is 7.94. The maximum atomic E-state index is 14.2. The minimum Gasteiger partial charge on any atom is -0.453 e.